The van der Waals surface area contributed by atoms with Gasteiger partial charge >= 0.3 is 0 Å². The zero-order chi connectivity index (χ0) is 19.7. The number of ether oxygens (including phenoxy) is 1. The maximum Gasteiger partial charge on any atom is 0.267 e. The molecule has 0 spiro atoms. The second-order valence-corrected chi connectivity index (χ2v) is 8.86. The van der Waals surface area contributed by atoms with Gasteiger partial charge in [0, 0.05) is 13.1 Å². The molecule has 4 rings (SSSR count). The Kier molecular flexibility index (Phi) is 5.52. The van der Waals surface area contributed by atoms with Crippen molar-refractivity contribution in [3.05, 3.63) is 51.6 Å². The highest BCUT2D eigenvalue weighted by atomic mass is 32.2. The summed E-state index contributed by atoms with van der Waals surface area (Å²) in [5.41, 5.74) is 1.67. The first-order valence-corrected chi connectivity index (χ1v) is 10.9. The number of hydrogen-bond donors (Lipinski definition) is 0. The third-order valence-corrected chi connectivity index (χ3v) is 6.62. The van der Waals surface area contributed by atoms with E-state index in [1.807, 2.05) is 48.4 Å². The maximum absolute atomic E-state index is 13.2. The lowest BCUT2D eigenvalue weighted by atomic mass is 10.2. The molecular weight excluding hydrogens is 394 g/mol. The number of fused-ring (bicyclic) bond motifs is 1. The van der Waals surface area contributed by atoms with Crippen molar-refractivity contribution in [2.75, 3.05) is 26.3 Å². The first-order valence-electron chi connectivity index (χ1n) is 9.15. The second kappa shape index (κ2) is 8.06. The number of morpholine rings is 1. The first kappa shape index (κ1) is 19.2. The highest BCUT2D eigenvalue weighted by Gasteiger charge is 2.26. The van der Waals surface area contributed by atoms with E-state index >= 15 is 0 Å². The number of nitrogens with zero attached hydrogens (tertiary/aromatic N) is 3. The van der Waals surface area contributed by atoms with Crippen molar-refractivity contribution in [2.45, 2.75) is 24.3 Å². The number of benzene rings is 1. The van der Waals surface area contributed by atoms with Crippen LogP contribution in [0.1, 0.15) is 12.5 Å². The lowest BCUT2D eigenvalue weighted by molar-refractivity contribution is -0.134. The summed E-state index contributed by atoms with van der Waals surface area (Å²) in [7, 11) is 0. The number of rotatable bonds is 4. The van der Waals surface area contributed by atoms with Crippen molar-refractivity contribution in [2.24, 2.45) is 0 Å². The quantitative estimate of drug-likeness (QED) is 0.484. The Morgan fingerprint density at radius 1 is 1.25 bits per heavy atom. The molecule has 0 aliphatic carbocycles. The minimum absolute atomic E-state index is 0.0464. The highest BCUT2D eigenvalue weighted by molar-refractivity contribution is 8.00. The lowest BCUT2D eigenvalue weighted by Crippen LogP contribution is -2.44. The van der Waals surface area contributed by atoms with Crippen LogP contribution < -0.4 is 5.56 Å². The van der Waals surface area contributed by atoms with Crippen molar-refractivity contribution in [1.82, 2.24) is 14.5 Å². The van der Waals surface area contributed by atoms with Gasteiger partial charge in [0.05, 0.1) is 29.5 Å². The second-order valence-electron chi connectivity index (χ2n) is 6.66. The van der Waals surface area contributed by atoms with E-state index in [0.29, 0.717) is 41.7 Å². The van der Waals surface area contributed by atoms with Gasteiger partial charge in [0.25, 0.3) is 5.56 Å². The molecule has 146 valence electrons. The maximum atomic E-state index is 13.2. The molecule has 0 N–H and O–H groups in total. The molecule has 1 amide bonds. The predicted octanol–water partition coefficient (Wildman–Crippen LogP) is 3.10. The van der Waals surface area contributed by atoms with Gasteiger partial charge in [0.15, 0.2) is 5.16 Å². The number of thioether (sulfide) groups is 1. The fourth-order valence-electron chi connectivity index (χ4n) is 3.25. The van der Waals surface area contributed by atoms with Gasteiger partial charge in [-0.15, -0.1) is 11.3 Å². The van der Waals surface area contributed by atoms with Gasteiger partial charge < -0.3 is 9.64 Å². The predicted molar refractivity (Wildman–Crippen MR) is 113 cm³/mol. The minimum Gasteiger partial charge on any atom is -0.378 e. The van der Waals surface area contributed by atoms with Gasteiger partial charge in [-0.1, -0.05) is 30.0 Å². The highest BCUT2D eigenvalue weighted by Crippen LogP contribution is 2.28. The smallest absolute Gasteiger partial charge is 0.267 e. The SMILES string of the molecule is Cc1ccccc1-n1c(S[C@@H](C)C(=O)N2CCOCC2)nc2sccc2c1=O. The van der Waals surface area contributed by atoms with Crippen LogP contribution in [-0.4, -0.2) is 51.9 Å². The molecule has 3 heterocycles. The van der Waals surface area contributed by atoms with Crippen LogP contribution >= 0.6 is 23.1 Å². The van der Waals surface area contributed by atoms with Gasteiger partial charge in [0.1, 0.15) is 4.83 Å². The molecule has 3 aromatic rings. The Bertz CT molecular complexity index is 1070. The van der Waals surface area contributed by atoms with Gasteiger partial charge in [-0.2, -0.15) is 0 Å². The molecule has 2 aromatic heterocycles. The summed E-state index contributed by atoms with van der Waals surface area (Å²) >= 11 is 2.77. The van der Waals surface area contributed by atoms with Gasteiger partial charge in [-0.05, 0) is 36.9 Å². The third-order valence-electron chi connectivity index (χ3n) is 4.78. The van der Waals surface area contributed by atoms with E-state index in [2.05, 4.69) is 0 Å². The number of para-hydroxylation sites is 1. The molecule has 1 saturated heterocycles. The number of aromatic nitrogens is 2. The van der Waals surface area contributed by atoms with Crippen molar-refractivity contribution in [1.29, 1.82) is 0 Å². The van der Waals surface area contributed by atoms with Crippen LogP contribution in [0, 0.1) is 6.92 Å². The monoisotopic (exact) mass is 415 g/mol. The van der Waals surface area contributed by atoms with Crippen molar-refractivity contribution in [3.8, 4) is 5.69 Å². The molecule has 1 aliphatic heterocycles. The molecule has 1 aliphatic rings. The van der Waals surface area contributed by atoms with Crippen LogP contribution in [0.15, 0.2) is 45.7 Å². The molecular formula is C20H21N3O3S2. The standard InChI is InChI=1S/C20H21N3O3S2/c1-13-5-3-4-6-16(13)23-19(25)15-7-12-27-17(15)21-20(23)28-14(2)18(24)22-8-10-26-11-9-22/h3-7,12,14H,8-11H2,1-2H3/t14-/m0/s1. The van der Waals surface area contributed by atoms with Crippen LogP contribution in [0.4, 0.5) is 0 Å². The first-order chi connectivity index (χ1) is 13.6. The summed E-state index contributed by atoms with van der Waals surface area (Å²) in [5, 5.41) is 2.67. The van der Waals surface area contributed by atoms with Gasteiger partial charge in [0.2, 0.25) is 5.91 Å². The van der Waals surface area contributed by atoms with Crippen LogP contribution in [0.5, 0.6) is 0 Å². The number of carbonyl (C=O) groups is 1. The average molecular weight is 416 g/mol. The minimum atomic E-state index is -0.349. The Morgan fingerprint density at radius 3 is 2.75 bits per heavy atom. The average Bonchev–Trinajstić information content (AvgIpc) is 3.18. The largest absolute Gasteiger partial charge is 0.378 e. The molecule has 8 heteroatoms. The molecule has 6 nitrogen and oxygen atoms in total. The number of aryl methyl sites for hydroxylation is 1. The fraction of sp³-hybridized carbons (Fsp3) is 0.350. The number of carbonyl (C=O) groups excluding carboxylic acids is 1. The molecule has 1 atom stereocenters. The zero-order valence-corrected chi connectivity index (χ0v) is 17.4. The Morgan fingerprint density at radius 2 is 2.00 bits per heavy atom. The van der Waals surface area contributed by atoms with E-state index in [1.54, 1.807) is 10.6 Å². The molecule has 28 heavy (non-hydrogen) atoms. The molecule has 0 unspecified atom stereocenters. The van der Waals surface area contributed by atoms with E-state index < -0.39 is 0 Å². The van der Waals surface area contributed by atoms with Crippen LogP contribution in [0.3, 0.4) is 0 Å². The van der Waals surface area contributed by atoms with Gasteiger partial charge in [-0.3, -0.25) is 14.2 Å². The topological polar surface area (TPSA) is 64.4 Å². The van der Waals surface area contributed by atoms with E-state index in [0.717, 1.165) is 11.3 Å². The Hall–Kier alpha value is -2.16. The van der Waals surface area contributed by atoms with E-state index in [1.165, 1.54) is 23.1 Å². The summed E-state index contributed by atoms with van der Waals surface area (Å²) in [6, 6.07) is 9.54. The summed E-state index contributed by atoms with van der Waals surface area (Å²) in [4.78, 5) is 33.3. The van der Waals surface area contributed by atoms with Crippen LogP contribution in [-0.2, 0) is 9.53 Å². The number of amides is 1. The van der Waals surface area contributed by atoms with E-state index in [4.69, 9.17) is 9.72 Å². The van der Waals surface area contributed by atoms with Crippen molar-refractivity contribution >= 4 is 39.2 Å². The number of thiophene rings is 1. The van der Waals surface area contributed by atoms with Crippen molar-refractivity contribution in [3.63, 3.8) is 0 Å². The van der Waals surface area contributed by atoms with Crippen LogP contribution in [0.2, 0.25) is 0 Å². The Balaban J connectivity index is 1.75. The summed E-state index contributed by atoms with van der Waals surface area (Å²) in [5.74, 6) is 0.0464. The molecule has 0 saturated carbocycles. The van der Waals surface area contributed by atoms with E-state index in [-0.39, 0.29) is 16.7 Å². The lowest BCUT2D eigenvalue weighted by Gasteiger charge is -2.29. The normalized spacial score (nSPS) is 15.7. The molecule has 1 fully saturated rings. The van der Waals surface area contributed by atoms with Crippen molar-refractivity contribution < 1.29 is 9.53 Å². The van der Waals surface area contributed by atoms with Gasteiger partial charge in [-0.25, -0.2) is 4.98 Å². The third kappa shape index (κ3) is 3.59. The fourth-order valence-corrected chi connectivity index (χ4v) is 5.06. The number of hydrogen-bond acceptors (Lipinski definition) is 6. The summed E-state index contributed by atoms with van der Waals surface area (Å²) in [6.07, 6.45) is 0. The van der Waals surface area contributed by atoms with Crippen LogP contribution in [0.25, 0.3) is 15.9 Å². The molecule has 0 bridgehead atoms. The molecule has 1 aromatic carbocycles. The summed E-state index contributed by atoms with van der Waals surface area (Å²) < 4.78 is 6.97. The van der Waals surface area contributed by atoms with E-state index in [9.17, 15) is 9.59 Å². The zero-order valence-electron chi connectivity index (χ0n) is 15.8. The Labute approximate surface area is 171 Å². The summed E-state index contributed by atoms with van der Waals surface area (Å²) in [6.45, 7) is 6.18. The molecule has 0 radical (unpaired) electrons.